The maximum absolute atomic E-state index is 11.9. The average molecular weight is 277 g/mol. The molecule has 0 spiro atoms. The van der Waals surface area contributed by atoms with Crippen LogP contribution in [0.2, 0.25) is 0 Å². The lowest BCUT2D eigenvalue weighted by Crippen LogP contribution is -2.52. The van der Waals surface area contributed by atoms with E-state index in [2.05, 4.69) is 0 Å². The van der Waals surface area contributed by atoms with Crippen LogP contribution < -0.4 is 5.73 Å². The Kier molecular flexibility index (Phi) is 3.60. The second-order valence-electron chi connectivity index (χ2n) is 4.64. The van der Waals surface area contributed by atoms with Gasteiger partial charge in [-0.3, -0.25) is 9.59 Å². The zero-order chi connectivity index (χ0) is 14.9. The number of hydrogen-bond acceptors (Lipinski definition) is 4. The molecule has 3 N–H and O–H groups in total. The number of rotatable bonds is 3. The maximum Gasteiger partial charge on any atom is 0.338 e. The van der Waals surface area contributed by atoms with Crippen LogP contribution in [0.25, 0.3) is 0 Å². The first kappa shape index (κ1) is 13.9. The number of amides is 2. The van der Waals surface area contributed by atoms with Crippen LogP contribution in [0.3, 0.4) is 0 Å². The molecule has 1 aliphatic rings. The minimum absolute atomic E-state index is 0.0216. The van der Waals surface area contributed by atoms with Gasteiger partial charge < -0.3 is 20.6 Å². The Hall–Kier alpha value is -2.57. The van der Waals surface area contributed by atoms with E-state index < -0.39 is 17.8 Å². The number of anilines is 1. The summed E-state index contributed by atoms with van der Waals surface area (Å²) in [6.45, 7) is 0.856. The van der Waals surface area contributed by atoms with Gasteiger partial charge in [-0.15, -0.1) is 0 Å². The van der Waals surface area contributed by atoms with Crippen LogP contribution in [0.1, 0.15) is 15.9 Å². The highest BCUT2D eigenvalue weighted by molar-refractivity contribution is 6.35. The number of nitrogen functional groups attached to an aromatic ring is 1. The van der Waals surface area contributed by atoms with Crippen molar-refractivity contribution < 1.29 is 19.5 Å². The minimum Gasteiger partial charge on any atom is -0.478 e. The Morgan fingerprint density at radius 3 is 2.65 bits per heavy atom. The van der Waals surface area contributed by atoms with E-state index in [0.717, 1.165) is 0 Å². The van der Waals surface area contributed by atoms with Gasteiger partial charge in [-0.1, -0.05) is 12.1 Å². The van der Waals surface area contributed by atoms with Gasteiger partial charge in [-0.2, -0.15) is 0 Å². The third kappa shape index (κ3) is 2.42. The third-order valence-electron chi connectivity index (χ3n) is 3.28. The van der Waals surface area contributed by atoms with Crippen LogP contribution in [0.5, 0.6) is 0 Å². The fraction of sp³-hybridized carbons (Fsp3) is 0.308. The standard InChI is InChI=1S/C13H15N3O4/c1-15-5-6-16(12(18)11(15)17)7-8-3-2-4-9(14)10(8)13(19)20/h2-4H,5-7,14H2,1H3,(H,19,20). The van der Waals surface area contributed by atoms with E-state index in [1.54, 1.807) is 19.2 Å². The van der Waals surface area contributed by atoms with Gasteiger partial charge >= 0.3 is 17.8 Å². The zero-order valence-corrected chi connectivity index (χ0v) is 11.0. The molecular formula is C13H15N3O4. The summed E-state index contributed by atoms with van der Waals surface area (Å²) in [5.41, 5.74) is 6.19. The number of carbonyl (C=O) groups is 3. The molecule has 1 aromatic carbocycles. The number of aromatic carboxylic acids is 1. The monoisotopic (exact) mass is 277 g/mol. The van der Waals surface area contributed by atoms with Crippen molar-refractivity contribution in [2.45, 2.75) is 6.54 Å². The van der Waals surface area contributed by atoms with Gasteiger partial charge in [0.15, 0.2) is 0 Å². The van der Waals surface area contributed by atoms with Crippen molar-refractivity contribution in [3.8, 4) is 0 Å². The number of nitrogens with two attached hydrogens (primary N) is 1. The predicted octanol–water partition coefficient (Wildman–Crippen LogP) is -0.232. The summed E-state index contributed by atoms with van der Waals surface area (Å²) in [6.07, 6.45) is 0. The highest BCUT2D eigenvalue weighted by Crippen LogP contribution is 2.20. The number of piperazine rings is 1. The lowest BCUT2D eigenvalue weighted by molar-refractivity contribution is -0.155. The molecule has 1 aromatic rings. The van der Waals surface area contributed by atoms with Crippen molar-refractivity contribution in [1.29, 1.82) is 0 Å². The van der Waals surface area contributed by atoms with E-state index in [1.807, 2.05) is 0 Å². The Labute approximate surface area is 115 Å². The molecule has 7 nitrogen and oxygen atoms in total. The van der Waals surface area contributed by atoms with Crippen molar-refractivity contribution in [2.24, 2.45) is 0 Å². The molecule has 1 heterocycles. The molecule has 0 saturated carbocycles. The molecule has 0 radical (unpaired) electrons. The lowest BCUT2D eigenvalue weighted by Gasteiger charge is -2.31. The van der Waals surface area contributed by atoms with Crippen LogP contribution in [-0.2, 0) is 16.1 Å². The smallest absolute Gasteiger partial charge is 0.338 e. The first-order valence-corrected chi connectivity index (χ1v) is 6.07. The van der Waals surface area contributed by atoms with Crippen LogP contribution in [0.4, 0.5) is 5.69 Å². The van der Waals surface area contributed by atoms with Crippen molar-refractivity contribution in [3.05, 3.63) is 29.3 Å². The predicted molar refractivity (Wildman–Crippen MR) is 70.9 cm³/mol. The molecule has 0 aromatic heterocycles. The Bertz CT molecular complexity index is 585. The van der Waals surface area contributed by atoms with E-state index in [9.17, 15) is 19.5 Å². The molecule has 1 aliphatic heterocycles. The molecule has 106 valence electrons. The van der Waals surface area contributed by atoms with E-state index in [4.69, 9.17) is 5.73 Å². The van der Waals surface area contributed by atoms with Crippen molar-refractivity contribution in [1.82, 2.24) is 9.80 Å². The van der Waals surface area contributed by atoms with E-state index in [-0.39, 0.29) is 17.8 Å². The summed E-state index contributed by atoms with van der Waals surface area (Å²) in [5.74, 6) is -2.36. The fourth-order valence-electron chi connectivity index (χ4n) is 2.14. The quantitative estimate of drug-likeness (QED) is 0.586. The highest BCUT2D eigenvalue weighted by atomic mass is 16.4. The molecule has 0 unspecified atom stereocenters. The van der Waals surface area contributed by atoms with Gasteiger partial charge in [-0.05, 0) is 11.6 Å². The number of likely N-dealkylation sites (N-methyl/N-ethyl adjacent to an activating group) is 1. The number of carbonyl (C=O) groups excluding carboxylic acids is 2. The minimum atomic E-state index is -1.15. The number of benzene rings is 1. The second kappa shape index (κ2) is 5.20. The molecule has 2 amide bonds. The summed E-state index contributed by atoms with van der Waals surface area (Å²) >= 11 is 0. The van der Waals surface area contributed by atoms with Gasteiger partial charge in [0.2, 0.25) is 0 Å². The Morgan fingerprint density at radius 2 is 2.00 bits per heavy atom. The number of carboxylic acids is 1. The Morgan fingerprint density at radius 1 is 1.30 bits per heavy atom. The fourth-order valence-corrected chi connectivity index (χ4v) is 2.14. The first-order valence-electron chi connectivity index (χ1n) is 6.07. The lowest BCUT2D eigenvalue weighted by atomic mass is 10.0. The summed E-state index contributed by atoms with van der Waals surface area (Å²) in [5, 5.41) is 9.18. The molecule has 0 aliphatic carbocycles. The van der Waals surface area contributed by atoms with Crippen LogP contribution in [0, 0.1) is 0 Å². The second-order valence-corrected chi connectivity index (χ2v) is 4.64. The molecule has 0 atom stereocenters. The van der Waals surface area contributed by atoms with E-state index in [1.165, 1.54) is 15.9 Å². The van der Waals surface area contributed by atoms with E-state index in [0.29, 0.717) is 18.7 Å². The topological polar surface area (TPSA) is 104 Å². The Balaban J connectivity index is 2.27. The van der Waals surface area contributed by atoms with Crippen LogP contribution in [0.15, 0.2) is 18.2 Å². The van der Waals surface area contributed by atoms with Gasteiger partial charge in [-0.25, -0.2) is 4.79 Å². The largest absolute Gasteiger partial charge is 0.478 e. The third-order valence-corrected chi connectivity index (χ3v) is 3.28. The normalized spacial score (nSPS) is 15.7. The van der Waals surface area contributed by atoms with Crippen LogP contribution >= 0.6 is 0 Å². The van der Waals surface area contributed by atoms with Gasteiger partial charge in [0.1, 0.15) is 0 Å². The summed E-state index contributed by atoms with van der Waals surface area (Å²) in [7, 11) is 1.56. The molecule has 0 bridgehead atoms. The van der Waals surface area contributed by atoms with Gasteiger partial charge in [0, 0.05) is 32.4 Å². The van der Waals surface area contributed by atoms with E-state index >= 15 is 0 Å². The molecule has 7 heteroatoms. The first-order chi connectivity index (χ1) is 9.41. The molecule has 2 rings (SSSR count). The number of carboxylic acid groups (broad SMARTS) is 1. The van der Waals surface area contributed by atoms with Crippen LogP contribution in [-0.4, -0.2) is 52.8 Å². The summed E-state index contributed by atoms with van der Waals surface area (Å²) < 4.78 is 0. The van der Waals surface area contributed by atoms with Crippen molar-refractivity contribution >= 4 is 23.5 Å². The van der Waals surface area contributed by atoms with Gasteiger partial charge in [0.05, 0.1) is 5.56 Å². The zero-order valence-electron chi connectivity index (χ0n) is 11.0. The maximum atomic E-state index is 11.9. The number of nitrogens with zero attached hydrogens (tertiary/aromatic N) is 2. The molecule has 1 fully saturated rings. The SMILES string of the molecule is CN1CCN(Cc2cccc(N)c2C(=O)O)C(=O)C1=O. The highest BCUT2D eigenvalue weighted by Gasteiger charge is 2.31. The van der Waals surface area contributed by atoms with Crippen molar-refractivity contribution in [2.75, 3.05) is 25.9 Å². The summed E-state index contributed by atoms with van der Waals surface area (Å²) in [4.78, 5) is 37.4. The molecular weight excluding hydrogens is 262 g/mol. The van der Waals surface area contributed by atoms with Gasteiger partial charge in [0.25, 0.3) is 0 Å². The number of hydrogen-bond donors (Lipinski definition) is 2. The summed E-state index contributed by atoms with van der Waals surface area (Å²) in [6, 6.07) is 4.71. The molecule has 20 heavy (non-hydrogen) atoms. The van der Waals surface area contributed by atoms with Crippen molar-refractivity contribution in [3.63, 3.8) is 0 Å². The molecule has 1 saturated heterocycles. The average Bonchev–Trinajstić information content (AvgIpc) is 2.39.